The number of nitrogens with zero attached hydrogens (tertiary/aromatic N) is 1. The van der Waals surface area contributed by atoms with Crippen LogP contribution in [0, 0.1) is 5.92 Å². The van der Waals surface area contributed by atoms with Crippen molar-refractivity contribution in [2.45, 2.75) is 70.0 Å². The number of hydrogen-bond acceptors (Lipinski definition) is 2. The predicted octanol–water partition coefficient (Wildman–Crippen LogP) is 9.33. The Morgan fingerprint density at radius 3 is 2.22 bits per heavy atom. The van der Waals surface area contributed by atoms with Gasteiger partial charge in [0.15, 0.2) is 0 Å². The third-order valence-corrected chi connectivity index (χ3v) is 9.44. The number of halogens is 5. The lowest BCUT2D eigenvalue weighted by atomic mass is 9.80. The zero-order valence-electron chi connectivity index (χ0n) is 25.5. The van der Waals surface area contributed by atoms with Crippen LogP contribution in [0.3, 0.4) is 0 Å². The van der Waals surface area contributed by atoms with E-state index in [1.165, 1.54) is 41.0 Å². The number of anilines is 1. The fraction of sp³-hybridized carbons (Fsp3) is 0.389. The summed E-state index contributed by atoms with van der Waals surface area (Å²) in [7, 11) is 0. The fourth-order valence-corrected chi connectivity index (χ4v) is 6.82. The lowest BCUT2D eigenvalue weighted by molar-refractivity contribution is -0.137. The second-order valence-electron chi connectivity index (χ2n) is 12.8. The molecule has 1 aliphatic heterocycles. The van der Waals surface area contributed by atoms with Crippen LogP contribution in [0.1, 0.15) is 81.5 Å². The number of carbonyl (C=O) groups excluding carboxylic acids is 2. The summed E-state index contributed by atoms with van der Waals surface area (Å²) in [5, 5.41) is 5.75. The molecule has 10 heteroatoms. The van der Waals surface area contributed by atoms with Gasteiger partial charge in [-0.2, -0.15) is 13.2 Å². The Balaban J connectivity index is 0.00000217. The van der Waals surface area contributed by atoms with Gasteiger partial charge < -0.3 is 15.5 Å². The number of hydrogen-bond donors (Lipinski definition) is 2. The SMILES string of the molecule is CC(F)(F)c1ccc(CC2CCC3=C(C2)c2cc(C(=O)NC4CCN(C(=O)Nc5ccc(C(F)(F)F)cc5)CC4)ccc2C3)cc1.[HH].[HH].[HH]. The molecule has 248 valence electrons. The van der Waals surface area contributed by atoms with Crippen LogP contribution in [0.4, 0.5) is 32.4 Å². The fourth-order valence-electron chi connectivity index (χ4n) is 6.82. The second kappa shape index (κ2) is 12.5. The summed E-state index contributed by atoms with van der Waals surface area (Å²) in [4.78, 5) is 27.5. The molecule has 46 heavy (non-hydrogen) atoms. The van der Waals surface area contributed by atoms with E-state index in [0.29, 0.717) is 37.4 Å². The topological polar surface area (TPSA) is 61.4 Å². The molecule has 0 aromatic heterocycles. The molecule has 3 aromatic carbocycles. The minimum Gasteiger partial charge on any atom is -0.349 e. The van der Waals surface area contributed by atoms with Crippen LogP contribution in [0.5, 0.6) is 0 Å². The molecule has 1 unspecified atom stereocenters. The molecule has 3 amide bonds. The van der Waals surface area contributed by atoms with Gasteiger partial charge in [0.05, 0.1) is 5.56 Å². The molecule has 1 saturated heterocycles. The van der Waals surface area contributed by atoms with Crippen molar-refractivity contribution in [1.82, 2.24) is 10.2 Å². The molecule has 1 fully saturated rings. The maximum Gasteiger partial charge on any atom is 0.416 e. The Bertz CT molecular complexity index is 1650. The van der Waals surface area contributed by atoms with Crippen LogP contribution in [0.25, 0.3) is 5.57 Å². The number of carbonyl (C=O) groups is 2. The molecule has 1 heterocycles. The number of fused-ring (bicyclic) bond motifs is 2. The molecule has 5 nitrogen and oxygen atoms in total. The number of benzene rings is 3. The lowest BCUT2D eigenvalue weighted by Crippen LogP contribution is -2.47. The van der Waals surface area contributed by atoms with Gasteiger partial charge in [0.1, 0.15) is 0 Å². The molecular weight excluding hydrogens is 601 g/mol. The zero-order valence-corrected chi connectivity index (χ0v) is 25.5. The molecule has 0 spiro atoms. The first-order chi connectivity index (χ1) is 21.8. The first-order valence-electron chi connectivity index (χ1n) is 15.7. The van der Waals surface area contributed by atoms with Crippen LogP contribution in [-0.4, -0.2) is 36.0 Å². The number of rotatable bonds is 6. The Morgan fingerprint density at radius 1 is 0.891 bits per heavy atom. The van der Waals surface area contributed by atoms with Gasteiger partial charge in [0.25, 0.3) is 11.8 Å². The molecule has 0 bridgehead atoms. The van der Waals surface area contributed by atoms with Gasteiger partial charge in [-0.3, -0.25) is 4.79 Å². The first kappa shape index (κ1) is 31.8. The maximum atomic E-state index is 13.6. The molecule has 2 aliphatic carbocycles. The Morgan fingerprint density at radius 2 is 1.57 bits per heavy atom. The number of urea groups is 1. The summed E-state index contributed by atoms with van der Waals surface area (Å²) in [6, 6.07) is 16.3. The van der Waals surface area contributed by atoms with Crippen molar-refractivity contribution >= 4 is 23.2 Å². The highest BCUT2D eigenvalue weighted by atomic mass is 19.4. The summed E-state index contributed by atoms with van der Waals surface area (Å²) >= 11 is 0. The monoisotopic (exact) mass is 643 g/mol. The summed E-state index contributed by atoms with van der Waals surface area (Å²) in [5.41, 5.74) is 6.25. The van der Waals surface area contributed by atoms with Crippen molar-refractivity contribution in [2.75, 3.05) is 18.4 Å². The standard InChI is InChI=1S/C36H36F5N3O2.3H2/c1-35(37,38)27-8-3-22(4-9-27)18-23-2-5-24-20-25-6-7-26(21-32(25)31(24)19-23)33(45)42-30-14-16-44(17-15-30)34(46)43-29-12-10-28(11-13-29)36(39,40)41;;;/h3-4,6-13,21,23,30H,2,5,14-20H2,1H3,(H,42,45)(H,43,46);3*1H. The van der Waals surface area contributed by atoms with Crippen molar-refractivity contribution in [3.8, 4) is 0 Å². The summed E-state index contributed by atoms with van der Waals surface area (Å²) in [6.45, 7) is 1.72. The predicted molar refractivity (Wildman–Crippen MR) is 173 cm³/mol. The van der Waals surface area contributed by atoms with Gasteiger partial charge >= 0.3 is 12.2 Å². The molecule has 0 saturated carbocycles. The first-order valence-corrected chi connectivity index (χ1v) is 15.7. The Kier molecular flexibility index (Phi) is 8.65. The third kappa shape index (κ3) is 7.11. The molecular formula is C36H42F5N3O2. The van der Waals surface area contributed by atoms with E-state index in [2.05, 4.69) is 10.6 Å². The quantitative estimate of drug-likeness (QED) is 0.263. The minimum absolute atomic E-state index is 0. The average molecular weight is 644 g/mol. The highest BCUT2D eigenvalue weighted by Crippen LogP contribution is 2.45. The number of piperidine rings is 1. The zero-order chi connectivity index (χ0) is 32.6. The average Bonchev–Trinajstić information content (AvgIpc) is 3.38. The van der Waals surface area contributed by atoms with E-state index in [0.717, 1.165) is 62.3 Å². The minimum atomic E-state index is -4.44. The van der Waals surface area contributed by atoms with Gasteiger partial charge in [-0.25, -0.2) is 13.6 Å². The van der Waals surface area contributed by atoms with E-state index in [9.17, 15) is 31.5 Å². The Hall–Kier alpha value is -4.21. The Labute approximate surface area is 269 Å². The molecule has 3 aromatic rings. The largest absolute Gasteiger partial charge is 0.416 e. The van der Waals surface area contributed by atoms with Crippen molar-refractivity contribution in [3.63, 3.8) is 0 Å². The smallest absolute Gasteiger partial charge is 0.349 e. The van der Waals surface area contributed by atoms with E-state index < -0.39 is 23.7 Å². The van der Waals surface area contributed by atoms with Crippen molar-refractivity contribution in [1.29, 1.82) is 0 Å². The summed E-state index contributed by atoms with van der Waals surface area (Å²) in [6.07, 6.45) is 1.33. The molecule has 0 radical (unpaired) electrons. The van der Waals surface area contributed by atoms with Gasteiger partial charge in [-0.05, 0) is 110 Å². The van der Waals surface area contributed by atoms with Crippen LogP contribution in [-0.2, 0) is 24.9 Å². The maximum absolute atomic E-state index is 13.6. The molecule has 2 N–H and O–H groups in total. The van der Waals surface area contributed by atoms with E-state index in [4.69, 9.17) is 0 Å². The summed E-state index contributed by atoms with van der Waals surface area (Å²) in [5.74, 6) is -2.61. The lowest BCUT2D eigenvalue weighted by Gasteiger charge is -2.32. The van der Waals surface area contributed by atoms with Crippen LogP contribution in [0.2, 0.25) is 0 Å². The molecule has 1 atom stereocenters. The number of alkyl halides is 5. The highest BCUT2D eigenvalue weighted by molar-refractivity contribution is 5.96. The van der Waals surface area contributed by atoms with Gasteiger partial charge in [-0.1, -0.05) is 35.9 Å². The highest BCUT2D eigenvalue weighted by Gasteiger charge is 2.32. The van der Waals surface area contributed by atoms with Crippen molar-refractivity contribution in [3.05, 3.63) is 106 Å². The van der Waals surface area contributed by atoms with Gasteiger partial charge in [-0.15, -0.1) is 0 Å². The van der Waals surface area contributed by atoms with E-state index in [-0.39, 0.29) is 27.5 Å². The van der Waals surface area contributed by atoms with Crippen LogP contribution in [0.15, 0.2) is 72.3 Å². The number of likely N-dealkylation sites (tertiary alicyclic amines) is 1. The number of allylic oxidation sites excluding steroid dienone is 2. The third-order valence-electron chi connectivity index (χ3n) is 9.44. The number of amides is 3. The van der Waals surface area contributed by atoms with Crippen LogP contribution < -0.4 is 10.6 Å². The molecule has 6 rings (SSSR count). The van der Waals surface area contributed by atoms with Gasteiger partial charge in [0.2, 0.25) is 0 Å². The summed E-state index contributed by atoms with van der Waals surface area (Å²) < 4.78 is 65.7. The van der Waals surface area contributed by atoms with E-state index in [1.54, 1.807) is 17.0 Å². The van der Waals surface area contributed by atoms with Crippen molar-refractivity contribution in [2.24, 2.45) is 5.92 Å². The van der Waals surface area contributed by atoms with E-state index in [1.807, 2.05) is 18.2 Å². The normalized spacial score (nSPS) is 18.7. The number of nitrogens with one attached hydrogen (secondary N) is 2. The molecule has 3 aliphatic rings. The van der Waals surface area contributed by atoms with Crippen LogP contribution >= 0.6 is 0 Å². The van der Waals surface area contributed by atoms with Crippen molar-refractivity contribution < 1.29 is 35.8 Å². The van der Waals surface area contributed by atoms with E-state index >= 15 is 0 Å². The second-order valence-corrected chi connectivity index (χ2v) is 12.8. The van der Waals surface area contributed by atoms with Gasteiger partial charge in [0, 0.05) is 47.1 Å².